The van der Waals surface area contributed by atoms with E-state index in [9.17, 15) is 9.18 Å². The van der Waals surface area contributed by atoms with Crippen molar-refractivity contribution in [2.45, 2.75) is 13.8 Å². The quantitative estimate of drug-likeness (QED) is 0.416. The molecule has 0 radical (unpaired) electrons. The normalized spacial score (nSPS) is 10.6. The zero-order valence-electron chi connectivity index (χ0n) is 17.1. The monoisotopic (exact) mass is 452 g/mol. The fourth-order valence-corrected chi connectivity index (χ4v) is 3.14. The average Bonchev–Trinajstić information content (AvgIpc) is 3.10. The van der Waals surface area contributed by atoms with Crippen LogP contribution in [0.3, 0.4) is 0 Å². The number of rotatable bonds is 5. The summed E-state index contributed by atoms with van der Waals surface area (Å²) in [6, 6.07) is 13.8. The van der Waals surface area contributed by atoms with Crippen molar-refractivity contribution in [3.05, 3.63) is 83.2 Å². The number of halogens is 2. The second-order valence-electron chi connectivity index (χ2n) is 6.89. The number of hydrogen-bond donors (Lipinski definition) is 2. The van der Waals surface area contributed by atoms with E-state index in [0.717, 1.165) is 11.4 Å². The van der Waals surface area contributed by atoms with Crippen LogP contribution in [0.15, 0.2) is 60.9 Å². The number of nitrogens with one attached hydrogen (secondary N) is 2. The Hall–Kier alpha value is -3.98. The van der Waals surface area contributed by atoms with Gasteiger partial charge in [0.15, 0.2) is 5.82 Å². The summed E-state index contributed by atoms with van der Waals surface area (Å²) in [6.07, 6.45) is 1.41. The molecule has 0 unspecified atom stereocenters. The third-order valence-electron chi connectivity index (χ3n) is 4.37. The Morgan fingerprint density at radius 2 is 1.72 bits per heavy atom. The number of carbonyl (C=O) groups excluding carboxylic acids is 1. The third-order valence-corrected chi connectivity index (χ3v) is 4.66. The standard InChI is InChI=1S/C22H18ClFN6O2/c1-13-9-14(2)30(29-13)20-11-21(26-12-25-20)32-17-6-3-15(4-7-17)27-22(31)28-16-5-8-19(24)18(23)10-16/h3-12H,1-2H3,(H2,27,28,31). The molecule has 0 spiro atoms. The van der Waals surface area contributed by atoms with Crippen molar-refractivity contribution in [2.24, 2.45) is 0 Å². The van der Waals surface area contributed by atoms with E-state index in [1.54, 1.807) is 35.0 Å². The van der Waals surface area contributed by atoms with Crippen LogP contribution >= 0.6 is 11.6 Å². The van der Waals surface area contributed by atoms with Gasteiger partial charge in [0.05, 0.1) is 10.7 Å². The summed E-state index contributed by atoms with van der Waals surface area (Å²) < 4.78 is 20.7. The molecule has 8 nitrogen and oxygen atoms in total. The molecule has 2 heterocycles. The predicted octanol–water partition coefficient (Wildman–Crippen LogP) is 5.51. The van der Waals surface area contributed by atoms with Crippen molar-refractivity contribution < 1.29 is 13.9 Å². The molecular formula is C22H18ClFN6O2. The smallest absolute Gasteiger partial charge is 0.323 e. The average molecular weight is 453 g/mol. The highest BCUT2D eigenvalue weighted by Gasteiger charge is 2.09. The molecule has 0 saturated heterocycles. The van der Waals surface area contributed by atoms with Gasteiger partial charge in [-0.2, -0.15) is 5.10 Å². The lowest BCUT2D eigenvalue weighted by atomic mass is 10.3. The van der Waals surface area contributed by atoms with Gasteiger partial charge in [0, 0.05) is 23.1 Å². The SMILES string of the molecule is Cc1cc(C)n(-c2cc(Oc3ccc(NC(=O)Nc4ccc(F)c(Cl)c4)cc3)ncn2)n1. The van der Waals surface area contributed by atoms with Gasteiger partial charge in [0.25, 0.3) is 0 Å². The Morgan fingerprint density at radius 3 is 2.41 bits per heavy atom. The van der Waals surface area contributed by atoms with Crippen LogP contribution in [0, 0.1) is 19.7 Å². The minimum absolute atomic E-state index is 0.0740. The highest BCUT2D eigenvalue weighted by atomic mass is 35.5. The van der Waals surface area contributed by atoms with Gasteiger partial charge in [0.2, 0.25) is 5.88 Å². The van der Waals surface area contributed by atoms with Crippen molar-refractivity contribution in [1.82, 2.24) is 19.7 Å². The molecule has 0 saturated carbocycles. The third kappa shape index (κ3) is 5.01. The van der Waals surface area contributed by atoms with E-state index in [1.165, 1.54) is 24.5 Å². The fraction of sp³-hybridized carbons (Fsp3) is 0.0909. The molecule has 4 rings (SSSR count). The van der Waals surface area contributed by atoms with E-state index < -0.39 is 11.8 Å². The van der Waals surface area contributed by atoms with Gasteiger partial charge in [-0.15, -0.1) is 0 Å². The summed E-state index contributed by atoms with van der Waals surface area (Å²) in [6.45, 7) is 3.85. The van der Waals surface area contributed by atoms with Crippen molar-refractivity contribution in [3.8, 4) is 17.4 Å². The van der Waals surface area contributed by atoms with Gasteiger partial charge in [-0.25, -0.2) is 23.8 Å². The van der Waals surface area contributed by atoms with Gasteiger partial charge < -0.3 is 15.4 Å². The zero-order valence-corrected chi connectivity index (χ0v) is 17.9. The van der Waals surface area contributed by atoms with Crippen LogP contribution in [0.4, 0.5) is 20.6 Å². The van der Waals surface area contributed by atoms with E-state index in [-0.39, 0.29) is 5.02 Å². The maximum Gasteiger partial charge on any atom is 0.323 e. The molecule has 0 aliphatic rings. The summed E-state index contributed by atoms with van der Waals surface area (Å²) >= 11 is 5.72. The molecule has 2 aromatic heterocycles. The molecular weight excluding hydrogens is 435 g/mol. The number of anilines is 2. The molecule has 2 aromatic carbocycles. The number of urea groups is 1. The molecule has 2 amide bonds. The van der Waals surface area contributed by atoms with E-state index in [2.05, 4.69) is 25.7 Å². The first-order valence-corrected chi connectivity index (χ1v) is 9.92. The van der Waals surface area contributed by atoms with Crippen LogP contribution in [-0.4, -0.2) is 25.8 Å². The summed E-state index contributed by atoms with van der Waals surface area (Å²) in [5.41, 5.74) is 2.74. The van der Waals surface area contributed by atoms with Gasteiger partial charge in [-0.3, -0.25) is 0 Å². The lowest BCUT2D eigenvalue weighted by molar-refractivity contribution is 0.262. The number of aromatic nitrogens is 4. The molecule has 0 aliphatic carbocycles. The van der Waals surface area contributed by atoms with Gasteiger partial charge in [0.1, 0.15) is 17.9 Å². The van der Waals surface area contributed by atoms with Crippen LogP contribution in [0.25, 0.3) is 5.82 Å². The van der Waals surface area contributed by atoms with E-state index in [1.807, 2.05) is 19.9 Å². The van der Waals surface area contributed by atoms with Gasteiger partial charge in [-0.1, -0.05) is 11.6 Å². The Balaban J connectivity index is 1.39. The summed E-state index contributed by atoms with van der Waals surface area (Å²) in [5.74, 6) is 0.920. The second-order valence-corrected chi connectivity index (χ2v) is 7.29. The lowest BCUT2D eigenvalue weighted by Crippen LogP contribution is -2.19. The molecule has 32 heavy (non-hydrogen) atoms. The van der Waals surface area contributed by atoms with Crippen LogP contribution < -0.4 is 15.4 Å². The summed E-state index contributed by atoms with van der Waals surface area (Å²) in [5, 5.41) is 9.59. The number of benzene rings is 2. The molecule has 0 atom stereocenters. The van der Waals surface area contributed by atoms with Crippen LogP contribution in [0.1, 0.15) is 11.4 Å². The molecule has 162 valence electrons. The Kier molecular flexibility index (Phi) is 6.00. The van der Waals surface area contributed by atoms with Crippen molar-refractivity contribution >= 4 is 29.0 Å². The topological polar surface area (TPSA) is 94.0 Å². The van der Waals surface area contributed by atoms with Crippen molar-refractivity contribution in [1.29, 1.82) is 0 Å². The van der Waals surface area contributed by atoms with Crippen molar-refractivity contribution in [3.63, 3.8) is 0 Å². The van der Waals surface area contributed by atoms with E-state index in [0.29, 0.717) is 28.8 Å². The molecule has 0 fully saturated rings. The highest BCUT2D eigenvalue weighted by molar-refractivity contribution is 6.31. The van der Waals surface area contributed by atoms with Gasteiger partial charge >= 0.3 is 6.03 Å². The van der Waals surface area contributed by atoms with Gasteiger partial charge in [-0.05, 0) is 62.4 Å². The maximum atomic E-state index is 13.2. The molecule has 2 N–H and O–H groups in total. The zero-order chi connectivity index (χ0) is 22.7. The number of aryl methyl sites for hydroxylation is 2. The molecule has 0 aliphatic heterocycles. The molecule has 0 bridgehead atoms. The highest BCUT2D eigenvalue weighted by Crippen LogP contribution is 2.23. The molecule has 4 aromatic rings. The number of nitrogens with zero attached hydrogens (tertiary/aromatic N) is 4. The number of ether oxygens (including phenoxy) is 1. The Morgan fingerprint density at radius 1 is 1.00 bits per heavy atom. The number of hydrogen-bond acceptors (Lipinski definition) is 5. The largest absolute Gasteiger partial charge is 0.439 e. The van der Waals surface area contributed by atoms with Crippen LogP contribution in [0.5, 0.6) is 11.6 Å². The minimum atomic E-state index is -0.557. The van der Waals surface area contributed by atoms with E-state index >= 15 is 0 Å². The Bertz CT molecular complexity index is 1280. The first-order valence-electron chi connectivity index (χ1n) is 9.54. The summed E-state index contributed by atoms with van der Waals surface area (Å²) in [4.78, 5) is 20.5. The summed E-state index contributed by atoms with van der Waals surface area (Å²) in [7, 11) is 0. The minimum Gasteiger partial charge on any atom is -0.439 e. The first-order chi connectivity index (χ1) is 15.4. The fourth-order valence-electron chi connectivity index (χ4n) is 2.96. The van der Waals surface area contributed by atoms with Crippen LogP contribution in [0.2, 0.25) is 5.02 Å². The molecule has 10 heteroatoms. The number of carbonyl (C=O) groups is 1. The first kappa shape index (κ1) is 21.3. The second kappa shape index (κ2) is 9.03. The lowest BCUT2D eigenvalue weighted by Gasteiger charge is -2.10. The Labute approximate surface area is 188 Å². The predicted molar refractivity (Wildman–Crippen MR) is 119 cm³/mol. The van der Waals surface area contributed by atoms with Crippen molar-refractivity contribution in [2.75, 3.05) is 10.6 Å². The number of amides is 2. The maximum absolute atomic E-state index is 13.2. The van der Waals surface area contributed by atoms with E-state index in [4.69, 9.17) is 16.3 Å². The van der Waals surface area contributed by atoms with Crippen LogP contribution in [-0.2, 0) is 0 Å².